The number of halogens is 1. The van der Waals surface area contributed by atoms with Crippen LogP contribution in [0, 0.1) is 0 Å². The Bertz CT molecular complexity index is 640. The maximum Gasteiger partial charge on any atom is 0.256 e. The number of benzene rings is 1. The summed E-state index contributed by atoms with van der Waals surface area (Å²) in [5.41, 5.74) is 0.517. The van der Waals surface area contributed by atoms with Gasteiger partial charge in [-0.1, -0.05) is 11.6 Å². The highest BCUT2D eigenvalue weighted by atomic mass is 35.5. The largest absolute Gasteiger partial charge is 0.378 e. The van der Waals surface area contributed by atoms with Crippen molar-refractivity contribution in [2.24, 2.45) is 0 Å². The van der Waals surface area contributed by atoms with E-state index >= 15 is 0 Å². The minimum absolute atomic E-state index is 0.245. The van der Waals surface area contributed by atoms with E-state index in [1.807, 2.05) is 6.07 Å². The Kier molecular flexibility index (Phi) is 4.50. The highest BCUT2D eigenvalue weighted by Gasteiger charge is 2.13. The van der Waals surface area contributed by atoms with Crippen LogP contribution in [0.5, 0.6) is 0 Å². The maximum absolute atomic E-state index is 12.1. The first-order valence-corrected chi connectivity index (χ1v) is 7.33. The highest BCUT2D eigenvalue weighted by Crippen LogP contribution is 2.14. The zero-order valence-corrected chi connectivity index (χ0v) is 12.6. The summed E-state index contributed by atoms with van der Waals surface area (Å²) >= 11 is 5.80. The van der Waals surface area contributed by atoms with Crippen LogP contribution in [-0.2, 0) is 4.74 Å². The fourth-order valence-electron chi connectivity index (χ4n) is 2.14. The van der Waals surface area contributed by atoms with Crippen molar-refractivity contribution >= 4 is 29.1 Å². The number of carbonyl (C=O) groups excluding carboxylic acids is 1. The zero-order chi connectivity index (χ0) is 15.4. The van der Waals surface area contributed by atoms with Crippen LogP contribution in [0.1, 0.15) is 10.4 Å². The number of hydrogen-bond acceptors (Lipinski definition) is 5. The molecule has 0 bridgehead atoms. The van der Waals surface area contributed by atoms with Crippen molar-refractivity contribution in [1.29, 1.82) is 0 Å². The van der Waals surface area contributed by atoms with Gasteiger partial charge in [0.05, 0.1) is 13.2 Å². The number of nitrogens with one attached hydrogen (secondary N) is 1. The Hall–Kier alpha value is -2.18. The normalized spacial score (nSPS) is 14.7. The number of morpholine rings is 1. The van der Waals surface area contributed by atoms with Crippen LogP contribution >= 0.6 is 11.6 Å². The monoisotopic (exact) mass is 318 g/mol. The quantitative estimate of drug-likeness (QED) is 0.940. The molecule has 2 aromatic rings. The first-order valence-electron chi connectivity index (χ1n) is 6.96. The Morgan fingerprint density at radius 3 is 2.45 bits per heavy atom. The van der Waals surface area contributed by atoms with Crippen molar-refractivity contribution in [3.63, 3.8) is 0 Å². The molecule has 1 aliphatic rings. The van der Waals surface area contributed by atoms with Crippen LogP contribution in [0.15, 0.2) is 36.4 Å². The average molecular weight is 319 g/mol. The van der Waals surface area contributed by atoms with Gasteiger partial charge in [-0.05, 0) is 36.4 Å². The van der Waals surface area contributed by atoms with Crippen LogP contribution in [0.4, 0.5) is 11.6 Å². The van der Waals surface area contributed by atoms with Gasteiger partial charge in [-0.25, -0.2) is 0 Å². The van der Waals surface area contributed by atoms with Gasteiger partial charge < -0.3 is 15.0 Å². The van der Waals surface area contributed by atoms with Crippen molar-refractivity contribution < 1.29 is 9.53 Å². The molecule has 22 heavy (non-hydrogen) atoms. The highest BCUT2D eigenvalue weighted by molar-refractivity contribution is 6.30. The van der Waals surface area contributed by atoms with Crippen molar-refractivity contribution in [2.75, 3.05) is 36.5 Å². The van der Waals surface area contributed by atoms with E-state index in [-0.39, 0.29) is 5.91 Å². The van der Waals surface area contributed by atoms with Crippen LogP contribution in [0.25, 0.3) is 0 Å². The Morgan fingerprint density at radius 1 is 1.09 bits per heavy atom. The molecule has 114 valence electrons. The molecule has 2 heterocycles. The van der Waals surface area contributed by atoms with E-state index in [9.17, 15) is 4.79 Å². The maximum atomic E-state index is 12.1. The molecular formula is C15H15ClN4O2. The molecule has 0 aliphatic carbocycles. The fraction of sp³-hybridized carbons (Fsp3) is 0.267. The molecule has 0 spiro atoms. The SMILES string of the molecule is O=C(Nc1ccc(N2CCOCC2)nn1)c1ccc(Cl)cc1. The van der Waals surface area contributed by atoms with Crippen molar-refractivity contribution in [3.05, 3.63) is 47.0 Å². The molecule has 1 aromatic heterocycles. The number of anilines is 2. The third-order valence-corrected chi connectivity index (χ3v) is 3.59. The molecule has 1 aliphatic heterocycles. The topological polar surface area (TPSA) is 67.4 Å². The zero-order valence-electron chi connectivity index (χ0n) is 11.8. The molecule has 0 radical (unpaired) electrons. The second kappa shape index (κ2) is 6.72. The molecule has 0 unspecified atom stereocenters. The van der Waals surface area contributed by atoms with Crippen molar-refractivity contribution in [2.45, 2.75) is 0 Å². The fourth-order valence-corrected chi connectivity index (χ4v) is 2.27. The van der Waals surface area contributed by atoms with Gasteiger partial charge in [0.1, 0.15) is 0 Å². The second-order valence-electron chi connectivity index (χ2n) is 4.84. The summed E-state index contributed by atoms with van der Waals surface area (Å²) in [5.74, 6) is 0.954. The molecule has 1 amide bonds. The number of carbonyl (C=O) groups is 1. The lowest BCUT2D eigenvalue weighted by Gasteiger charge is -2.27. The molecule has 6 nitrogen and oxygen atoms in total. The molecular weight excluding hydrogens is 304 g/mol. The number of amides is 1. The van der Waals surface area contributed by atoms with E-state index in [1.165, 1.54) is 0 Å². The number of hydrogen-bond donors (Lipinski definition) is 1. The summed E-state index contributed by atoms with van der Waals surface area (Å²) < 4.78 is 5.30. The summed E-state index contributed by atoms with van der Waals surface area (Å²) in [6, 6.07) is 10.2. The first kappa shape index (κ1) is 14.7. The lowest BCUT2D eigenvalue weighted by atomic mass is 10.2. The first-order chi connectivity index (χ1) is 10.7. The van der Waals surface area contributed by atoms with E-state index in [4.69, 9.17) is 16.3 Å². The third kappa shape index (κ3) is 3.52. The minimum Gasteiger partial charge on any atom is -0.378 e. The van der Waals surface area contributed by atoms with Gasteiger partial charge >= 0.3 is 0 Å². The van der Waals surface area contributed by atoms with Crippen LogP contribution in [0.2, 0.25) is 5.02 Å². The standard InChI is InChI=1S/C15H15ClN4O2/c16-12-3-1-11(2-4-12)15(21)17-13-5-6-14(19-18-13)20-7-9-22-10-8-20/h1-6H,7-10H2,(H,17,18,21). The number of ether oxygens (including phenoxy) is 1. The Labute approximate surface area is 133 Å². The summed E-state index contributed by atoms with van der Waals surface area (Å²) in [5, 5.41) is 11.5. The van der Waals surface area contributed by atoms with Gasteiger partial charge in [0.15, 0.2) is 11.6 Å². The van der Waals surface area contributed by atoms with Gasteiger partial charge in [0, 0.05) is 23.7 Å². The molecule has 7 heteroatoms. The van der Waals surface area contributed by atoms with E-state index in [0.717, 1.165) is 18.9 Å². The lowest BCUT2D eigenvalue weighted by Crippen LogP contribution is -2.36. The molecule has 3 rings (SSSR count). The Morgan fingerprint density at radius 2 is 1.82 bits per heavy atom. The molecule has 1 N–H and O–H groups in total. The van der Waals surface area contributed by atoms with Crippen molar-refractivity contribution in [1.82, 2.24) is 10.2 Å². The van der Waals surface area contributed by atoms with E-state index in [1.54, 1.807) is 30.3 Å². The van der Waals surface area contributed by atoms with Crippen LogP contribution in [0.3, 0.4) is 0 Å². The van der Waals surface area contributed by atoms with E-state index in [0.29, 0.717) is 29.6 Å². The van der Waals surface area contributed by atoms with Gasteiger partial charge in [-0.15, -0.1) is 10.2 Å². The molecule has 1 fully saturated rings. The molecule has 0 atom stereocenters. The summed E-state index contributed by atoms with van der Waals surface area (Å²) in [6.45, 7) is 2.98. The van der Waals surface area contributed by atoms with Crippen molar-refractivity contribution in [3.8, 4) is 0 Å². The minimum atomic E-state index is -0.245. The molecule has 1 saturated heterocycles. The van der Waals surface area contributed by atoms with Crippen LogP contribution < -0.4 is 10.2 Å². The second-order valence-corrected chi connectivity index (χ2v) is 5.27. The number of nitrogens with zero attached hydrogens (tertiary/aromatic N) is 3. The Balaban J connectivity index is 1.65. The number of aromatic nitrogens is 2. The van der Waals surface area contributed by atoms with Gasteiger partial charge in [0.2, 0.25) is 0 Å². The summed E-state index contributed by atoms with van der Waals surface area (Å²) in [4.78, 5) is 14.2. The summed E-state index contributed by atoms with van der Waals surface area (Å²) in [6.07, 6.45) is 0. The van der Waals surface area contributed by atoms with Crippen LogP contribution in [-0.4, -0.2) is 42.4 Å². The third-order valence-electron chi connectivity index (χ3n) is 3.33. The van der Waals surface area contributed by atoms with E-state index < -0.39 is 0 Å². The lowest BCUT2D eigenvalue weighted by molar-refractivity contribution is 0.102. The predicted octanol–water partition coefficient (Wildman–Crippen LogP) is 2.22. The molecule has 1 aromatic carbocycles. The van der Waals surface area contributed by atoms with Gasteiger partial charge in [-0.2, -0.15) is 0 Å². The van der Waals surface area contributed by atoms with E-state index in [2.05, 4.69) is 20.4 Å². The number of rotatable bonds is 3. The summed E-state index contributed by atoms with van der Waals surface area (Å²) in [7, 11) is 0. The average Bonchev–Trinajstić information content (AvgIpc) is 2.57. The van der Waals surface area contributed by atoms with Gasteiger partial charge in [0.25, 0.3) is 5.91 Å². The smallest absolute Gasteiger partial charge is 0.256 e. The molecule has 0 saturated carbocycles. The van der Waals surface area contributed by atoms with Gasteiger partial charge in [-0.3, -0.25) is 4.79 Å². The predicted molar refractivity (Wildman–Crippen MR) is 84.5 cm³/mol.